The minimum Gasteiger partial charge on any atom is -0.495 e. The molecule has 31 heavy (non-hydrogen) atoms. The summed E-state index contributed by atoms with van der Waals surface area (Å²) in [5.41, 5.74) is 3.78. The van der Waals surface area contributed by atoms with Crippen LogP contribution in [0.15, 0.2) is 71.6 Å². The van der Waals surface area contributed by atoms with E-state index in [0.717, 1.165) is 21.0 Å². The van der Waals surface area contributed by atoms with Crippen molar-refractivity contribution in [2.75, 3.05) is 23.3 Å². The maximum atomic E-state index is 13.5. The van der Waals surface area contributed by atoms with E-state index >= 15 is 0 Å². The van der Waals surface area contributed by atoms with Crippen molar-refractivity contribution in [2.45, 2.75) is 25.7 Å². The Labute approximate surface area is 183 Å². The van der Waals surface area contributed by atoms with Gasteiger partial charge in [0.1, 0.15) is 12.3 Å². The van der Waals surface area contributed by atoms with Gasteiger partial charge in [-0.15, -0.1) is 0 Å². The predicted molar refractivity (Wildman–Crippen MR) is 123 cm³/mol. The Morgan fingerprint density at radius 3 is 2.23 bits per heavy atom. The van der Waals surface area contributed by atoms with Gasteiger partial charge in [0.25, 0.3) is 10.0 Å². The van der Waals surface area contributed by atoms with Gasteiger partial charge in [-0.3, -0.25) is 9.10 Å². The Balaban J connectivity index is 2.02. The molecule has 0 atom stereocenters. The van der Waals surface area contributed by atoms with Crippen molar-refractivity contribution in [1.82, 2.24) is 0 Å². The second kappa shape index (κ2) is 9.22. The number of hydrogen-bond donors (Lipinski definition) is 1. The zero-order valence-electron chi connectivity index (χ0n) is 18.0. The van der Waals surface area contributed by atoms with E-state index in [4.69, 9.17) is 4.74 Å². The van der Waals surface area contributed by atoms with Gasteiger partial charge in [-0.05, 0) is 62.2 Å². The number of amides is 1. The molecule has 0 aromatic heterocycles. The van der Waals surface area contributed by atoms with Crippen LogP contribution in [0.25, 0.3) is 0 Å². The second-order valence-corrected chi connectivity index (χ2v) is 9.23. The summed E-state index contributed by atoms with van der Waals surface area (Å²) in [4.78, 5) is 13.0. The smallest absolute Gasteiger partial charge is 0.264 e. The summed E-state index contributed by atoms with van der Waals surface area (Å²) in [5.74, 6) is -0.0839. The first kappa shape index (κ1) is 22.4. The molecule has 162 valence electrons. The van der Waals surface area contributed by atoms with Crippen molar-refractivity contribution in [3.63, 3.8) is 0 Å². The molecule has 0 spiro atoms. The number of carbonyl (C=O) groups excluding carboxylic acids is 1. The highest BCUT2D eigenvalue weighted by Crippen LogP contribution is 2.33. The Morgan fingerprint density at radius 2 is 1.58 bits per heavy atom. The predicted octanol–water partition coefficient (Wildman–Crippen LogP) is 4.45. The van der Waals surface area contributed by atoms with Crippen LogP contribution in [-0.4, -0.2) is 28.0 Å². The van der Waals surface area contributed by atoms with Gasteiger partial charge in [0, 0.05) is 5.69 Å². The fourth-order valence-corrected chi connectivity index (χ4v) is 4.73. The van der Waals surface area contributed by atoms with E-state index in [1.165, 1.54) is 19.2 Å². The third kappa shape index (κ3) is 5.06. The number of benzene rings is 3. The number of sulfonamides is 1. The summed E-state index contributed by atoms with van der Waals surface area (Å²) in [6, 6.07) is 18.9. The maximum absolute atomic E-state index is 13.5. The normalized spacial score (nSPS) is 11.1. The van der Waals surface area contributed by atoms with Gasteiger partial charge in [0.05, 0.1) is 17.7 Å². The van der Waals surface area contributed by atoms with E-state index < -0.39 is 22.5 Å². The topological polar surface area (TPSA) is 75.7 Å². The van der Waals surface area contributed by atoms with Crippen molar-refractivity contribution in [2.24, 2.45) is 0 Å². The number of hydrogen-bond acceptors (Lipinski definition) is 4. The van der Waals surface area contributed by atoms with Gasteiger partial charge in [-0.2, -0.15) is 0 Å². The van der Waals surface area contributed by atoms with E-state index in [1.807, 2.05) is 45.0 Å². The Bertz CT molecular complexity index is 1190. The van der Waals surface area contributed by atoms with Crippen molar-refractivity contribution in [3.8, 4) is 5.75 Å². The number of ether oxygens (including phenoxy) is 1. The molecule has 0 fully saturated rings. The lowest BCUT2D eigenvalue weighted by molar-refractivity contribution is -0.114. The highest BCUT2D eigenvalue weighted by atomic mass is 32.2. The molecule has 3 rings (SSSR count). The molecule has 6 nitrogen and oxygen atoms in total. The second-order valence-electron chi connectivity index (χ2n) is 7.37. The van der Waals surface area contributed by atoms with Crippen molar-refractivity contribution >= 4 is 27.3 Å². The highest BCUT2D eigenvalue weighted by Gasteiger charge is 2.29. The first-order valence-corrected chi connectivity index (χ1v) is 11.3. The molecule has 0 unspecified atom stereocenters. The Morgan fingerprint density at radius 1 is 0.935 bits per heavy atom. The van der Waals surface area contributed by atoms with Crippen molar-refractivity contribution < 1.29 is 17.9 Å². The lowest BCUT2D eigenvalue weighted by Gasteiger charge is -2.26. The van der Waals surface area contributed by atoms with Gasteiger partial charge < -0.3 is 10.1 Å². The van der Waals surface area contributed by atoms with Crippen LogP contribution in [0.5, 0.6) is 5.75 Å². The van der Waals surface area contributed by atoms with Crippen LogP contribution in [0.2, 0.25) is 0 Å². The molecule has 0 bridgehead atoms. The number of rotatable bonds is 7. The molecule has 0 aliphatic rings. The number of aryl methyl sites for hydroxylation is 3. The number of nitrogens with one attached hydrogen (secondary N) is 1. The summed E-state index contributed by atoms with van der Waals surface area (Å²) >= 11 is 0. The monoisotopic (exact) mass is 438 g/mol. The fourth-order valence-electron chi connectivity index (χ4n) is 3.29. The lowest BCUT2D eigenvalue weighted by atomic mass is 10.1. The van der Waals surface area contributed by atoms with E-state index in [2.05, 4.69) is 5.32 Å². The standard InChI is InChI=1S/C24H26N2O4S/c1-17-10-12-21(19(3)14-17)25-24(27)16-26(22-15-18(2)11-13-23(22)30-4)31(28,29)20-8-6-5-7-9-20/h5-15H,16H2,1-4H3,(H,25,27). The summed E-state index contributed by atoms with van der Waals surface area (Å²) in [5, 5.41) is 2.83. The first-order chi connectivity index (χ1) is 14.7. The van der Waals surface area contributed by atoms with Crippen LogP contribution in [0.1, 0.15) is 16.7 Å². The van der Waals surface area contributed by atoms with Crippen molar-refractivity contribution in [3.05, 3.63) is 83.4 Å². The van der Waals surface area contributed by atoms with Gasteiger partial charge >= 0.3 is 0 Å². The molecule has 3 aromatic carbocycles. The summed E-state index contributed by atoms with van der Waals surface area (Å²) < 4.78 is 33.5. The van der Waals surface area contributed by atoms with Crippen LogP contribution in [-0.2, 0) is 14.8 Å². The minimum absolute atomic E-state index is 0.0953. The van der Waals surface area contributed by atoms with Gasteiger partial charge in [0.15, 0.2) is 0 Å². The molecule has 0 aliphatic heterocycles. The van der Waals surface area contributed by atoms with Crippen LogP contribution in [0.4, 0.5) is 11.4 Å². The number of methoxy groups -OCH3 is 1. The highest BCUT2D eigenvalue weighted by molar-refractivity contribution is 7.92. The molecule has 1 amide bonds. The largest absolute Gasteiger partial charge is 0.495 e. The van der Waals surface area contributed by atoms with Crippen LogP contribution in [0, 0.1) is 20.8 Å². The summed E-state index contributed by atoms with van der Waals surface area (Å²) in [6.45, 7) is 5.32. The quantitative estimate of drug-likeness (QED) is 0.591. The summed E-state index contributed by atoms with van der Waals surface area (Å²) in [6.07, 6.45) is 0. The van der Waals surface area contributed by atoms with Gasteiger partial charge in [-0.25, -0.2) is 8.42 Å². The molecule has 0 aliphatic carbocycles. The minimum atomic E-state index is -4.02. The van der Waals surface area contributed by atoms with Crippen LogP contribution < -0.4 is 14.4 Å². The zero-order valence-corrected chi connectivity index (χ0v) is 18.9. The third-order valence-electron chi connectivity index (χ3n) is 4.88. The SMILES string of the molecule is COc1ccc(C)cc1N(CC(=O)Nc1ccc(C)cc1C)S(=O)(=O)c1ccccc1. The molecule has 0 saturated carbocycles. The fraction of sp³-hybridized carbons (Fsp3) is 0.208. The van der Waals surface area contributed by atoms with Crippen LogP contribution >= 0.6 is 0 Å². The molecular weight excluding hydrogens is 412 g/mol. The third-order valence-corrected chi connectivity index (χ3v) is 6.65. The number of nitrogens with zero attached hydrogens (tertiary/aromatic N) is 1. The molecule has 1 N–H and O–H groups in total. The zero-order chi connectivity index (χ0) is 22.6. The summed E-state index contributed by atoms with van der Waals surface area (Å²) in [7, 11) is -2.55. The molecule has 7 heteroatoms. The Kier molecular flexibility index (Phi) is 6.65. The Hall–Kier alpha value is -3.32. The molecule has 0 saturated heterocycles. The number of carbonyl (C=O) groups is 1. The molecule has 3 aromatic rings. The van der Waals surface area contributed by atoms with E-state index in [0.29, 0.717) is 17.1 Å². The maximum Gasteiger partial charge on any atom is 0.264 e. The van der Waals surface area contributed by atoms with Crippen molar-refractivity contribution in [1.29, 1.82) is 0 Å². The molecule has 0 heterocycles. The average molecular weight is 439 g/mol. The number of anilines is 2. The lowest BCUT2D eigenvalue weighted by Crippen LogP contribution is -2.38. The molecular formula is C24H26N2O4S. The van der Waals surface area contributed by atoms with Gasteiger partial charge in [0.2, 0.25) is 5.91 Å². The van der Waals surface area contributed by atoms with Crippen LogP contribution in [0.3, 0.4) is 0 Å². The van der Waals surface area contributed by atoms with E-state index in [-0.39, 0.29) is 4.90 Å². The average Bonchev–Trinajstić information content (AvgIpc) is 2.74. The van der Waals surface area contributed by atoms with E-state index in [9.17, 15) is 13.2 Å². The van der Waals surface area contributed by atoms with E-state index in [1.54, 1.807) is 30.3 Å². The van der Waals surface area contributed by atoms with Gasteiger partial charge in [-0.1, -0.05) is 42.0 Å². The molecule has 0 radical (unpaired) electrons. The first-order valence-electron chi connectivity index (χ1n) is 9.82.